The third-order valence-corrected chi connectivity index (χ3v) is 3.59. The largest absolute Gasteiger partial charge is 0.451 e. The van der Waals surface area contributed by atoms with E-state index in [2.05, 4.69) is 20.4 Å². The number of carbonyl (C=O) groups excluding carboxylic acids is 1. The molecule has 0 bridgehead atoms. The molecule has 0 aliphatic carbocycles. The van der Waals surface area contributed by atoms with Crippen molar-refractivity contribution in [2.75, 3.05) is 13.2 Å². The summed E-state index contributed by atoms with van der Waals surface area (Å²) in [4.78, 5) is 11.7. The minimum atomic E-state index is -1.30. The molecule has 6 heteroatoms. The van der Waals surface area contributed by atoms with Gasteiger partial charge in [-0.15, -0.1) is 0 Å². The first-order valence-corrected chi connectivity index (χ1v) is 8.44. The van der Waals surface area contributed by atoms with E-state index < -0.39 is 18.0 Å². The first-order chi connectivity index (χ1) is 9.93. The minimum Gasteiger partial charge on any atom is -0.451 e. The Labute approximate surface area is 131 Å². The van der Waals surface area contributed by atoms with E-state index in [9.17, 15) is 4.79 Å². The molecule has 0 saturated heterocycles. The molecule has 0 spiro atoms. The number of hydrogen-bond acceptors (Lipinski definition) is 5. The number of unbranched alkanes of at least 4 members (excludes halogenated alkanes) is 2. The summed E-state index contributed by atoms with van der Waals surface area (Å²) in [6.07, 6.45) is 3.14. The SMILES string of the molecule is C=C(C)C(=O)OC(C)C(O[SiH3])(OCCCC)OCCCC. The Balaban J connectivity index is 4.86. The Hall–Kier alpha value is -0.693. The second-order valence-electron chi connectivity index (χ2n) is 5.04. The fraction of sp³-hybridized carbons (Fsp3) is 0.800. The number of ether oxygens (including phenoxy) is 3. The fourth-order valence-corrected chi connectivity index (χ4v) is 2.18. The average Bonchev–Trinajstić information content (AvgIpc) is 2.45. The van der Waals surface area contributed by atoms with Gasteiger partial charge in [0.1, 0.15) is 0 Å². The Morgan fingerprint density at radius 2 is 1.67 bits per heavy atom. The third-order valence-electron chi connectivity index (χ3n) is 3.02. The van der Waals surface area contributed by atoms with E-state index in [0.717, 1.165) is 25.7 Å². The summed E-state index contributed by atoms with van der Waals surface area (Å²) in [5.74, 6) is -1.77. The van der Waals surface area contributed by atoms with Crippen LogP contribution in [0, 0.1) is 0 Å². The van der Waals surface area contributed by atoms with Gasteiger partial charge in [-0.1, -0.05) is 33.3 Å². The molecule has 0 saturated carbocycles. The average molecular weight is 318 g/mol. The van der Waals surface area contributed by atoms with Gasteiger partial charge in [0.05, 0.1) is 13.2 Å². The van der Waals surface area contributed by atoms with E-state index in [1.165, 1.54) is 0 Å². The van der Waals surface area contributed by atoms with Gasteiger partial charge in [0.15, 0.2) is 16.6 Å². The topological polar surface area (TPSA) is 54.0 Å². The smallest absolute Gasteiger partial charge is 0.333 e. The van der Waals surface area contributed by atoms with E-state index in [0.29, 0.717) is 29.3 Å². The lowest BCUT2D eigenvalue weighted by Crippen LogP contribution is -2.50. The highest BCUT2D eigenvalue weighted by molar-refractivity contribution is 5.98. The van der Waals surface area contributed by atoms with Crippen LogP contribution in [-0.2, 0) is 23.4 Å². The maximum absolute atomic E-state index is 11.7. The highest BCUT2D eigenvalue weighted by atomic mass is 28.2. The van der Waals surface area contributed by atoms with Gasteiger partial charge >= 0.3 is 11.9 Å². The summed E-state index contributed by atoms with van der Waals surface area (Å²) in [7, 11) is 0.413. The van der Waals surface area contributed by atoms with Crippen molar-refractivity contribution >= 4 is 16.5 Å². The van der Waals surface area contributed by atoms with Crippen molar-refractivity contribution in [2.24, 2.45) is 0 Å². The molecule has 0 fully saturated rings. The van der Waals surface area contributed by atoms with Crippen LogP contribution < -0.4 is 0 Å². The Morgan fingerprint density at radius 3 is 2.00 bits per heavy atom. The Kier molecular flexibility index (Phi) is 10.6. The quantitative estimate of drug-likeness (QED) is 0.181. The van der Waals surface area contributed by atoms with Gasteiger partial charge in [0.25, 0.3) is 0 Å². The number of hydrogen-bond donors (Lipinski definition) is 0. The van der Waals surface area contributed by atoms with Gasteiger partial charge in [-0.25, -0.2) is 4.79 Å². The Bertz CT molecular complexity index is 309. The zero-order chi connectivity index (χ0) is 16.3. The predicted octanol–water partition coefficient (Wildman–Crippen LogP) is 2.08. The summed E-state index contributed by atoms with van der Waals surface area (Å²) >= 11 is 0. The standard InChI is InChI=1S/C15H30O5Si/c1-6-8-10-17-15(20-21,18-11-9-7-2)13(5)19-14(16)12(3)4/h13H,3,6-11H2,1-2,4-5,21H3. The van der Waals surface area contributed by atoms with Crippen molar-refractivity contribution < 1.29 is 23.4 Å². The number of rotatable bonds is 12. The summed E-state index contributed by atoms with van der Waals surface area (Å²) in [6, 6.07) is 0. The van der Waals surface area contributed by atoms with Crippen molar-refractivity contribution in [3.63, 3.8) is 0 Å². The monoisotopic (exact) mass is 318 g/mol. The molecular weight excluding hydrogens is 288 g/mol. The molecule has 0 aliphatic rings. The molecule has 0 aromatic carbocycles. The lowest BCUT2D eigenvalue weighted by molar-refractivity contribution is -0.378. The van der Waals surface area contributed by atoms with Crippen molar-refractivity contribution in [2.45, 2.75) is 65.5 Å². The molecule has 0 amide bonds. The molecule has 0 heterocycles. The van der Waals surface area contributed by atoms with Crippen LogP contribution in [0.15, 0.2) is 12.2 Å². The second kappa shape index (κ2) is 11.0. The second-order valence-corrected chi connectivity index (χ2v) is 5.45. The highest BCUT2D eigenvalue weighted by Crippen LogP contribution is 2.24. The zero-order valence-corrected chi connectivity index (χ0v) is 16.1. The van der Waals surface area contributed by atoms with Crippen molar-refractivity contribution in [3.05, 3.63) is 12.2 Å². The lowest BCUT2D eigenvalue weighted by Gasteiger charge is -2.36. The van der Waals surface area contributed by atoms with Crippen LogP contribution in [0.25, 0.3) is 0 Å². The molecule has 0 aromatic heterocycles. The molecule has 124 valence electrons. The summed E-state index contributed by atoms with van der Waals surface area (Å²) < 4.78 is 22.5. The van der Waals surface area contributed by atoms with Gasteiger partial charge < -0.3 is 18.6 Å². The molecule has 5 nitrogen and oxygen atoms in total. The molecule has 0 aromatic rings. The zero-order valence-electron chi connectivity index (χ0n) is 14.1. The van der Waals surface area contributed by atoms with Crippen LogP contribution in [0.5, 0.6) is 0 Å². The molecular formula is C15H30O5Si. The summed E-state index contributed by atoms with van der Waals surface area (Å²) in [6.45, 7) is 12.1. The van der Waals surface area contributed by atoms with Crippen LogP contribution >= 0.6 is 0 Å². The van der Waals surface area contributed by atoms with Crippen molar-refractivity contribution in [3.8, 4) is 0 Å². The molecule has 0 rings (SSSR count). The molecule has 0 N–H and O–H groups in total. The van der Waals surface area contributed by atoms with Gasteiger partial charge in [-0.2, -0.15) is 0 Å². The maximum atomic E-state index is 11.7. The number of esters is 1. The van der Waals surface area contributed by atoms with Gasteiger partial charge in [0.2, 0.25) is 0 Å². The van der Waals surface area contributed by atoms with Gasteiger partial charge in [-0.3, -0.25) is 0 Å². The van der Waals surface area contributed by atoms with Gasteiger partial charge in [0, 0.05) is 5.57 Å². The summed E-state index contributed by atoms with van der Waals surface area (Å²) in [5.41, 5.74) is 0.339. The molecule has 1 unspecified atom stereocenters. The normalized spacial score (nSPS) is 13.1. The predicted molar refractivity (Wildman–Crippen MR) is 85.8 cm³/mol. The fourth-order valence-electron chi connectivity index (χ4n) is 1.61. The van der Waals surface area contributed by atoms with E-state index >= 15 is 0 Å². The first kappa shape index (κ1) is 20.3. The summed E-state index contributed by atoms with van der Waals surface area (Å²) in [5, 5.41) is 0. The van der Waals surface area contributed by atoms with E-state index in [1.54, 1.807) is 13.8 Å². The minimum absolute atomic E-state index is 0.339. The van der Waals surface area contributed by atoms with Gasteiger partial charge in [-0.05, 0) is 26.7 Å². The van der Waals surface area contributed by atoms with E-state index in [-0.39, 0.29) is 0 Å². The van der Waals surface area contributed by atoms with Crippen LogP contribution in [-0.4, -0.2) is 41.7 Å². The Morgan fingerprint density at radius 1 is 1.19 bits per heavy atom. The molecule has 0 aliphatic heterocycles. The molecule has 0 radical (unpaired) electrons. The van der Waals surface area contributed by atoms with Crippen LogP contribution in [0.2, 0.25) is 0 Å². The van der Waals surface area contributed by atoms with E-state index in [1.807, 2.05) is 0 Å². The first-order valence-electron chi connectivity index (χ1n) is 7.63. The van der Waals surface area contributed by atoms with Crippen LogP contribution in [0.3, 0.4) is 0 Å². The maximum Gasteiger partial charge on any atom is 0.333 e. The molecule has 21 heavy (non-hydrogen) atoms. The van der Waals surface area contributed by atoms with Crippen LogP contribution in [0.1, 0.15) is 53.4 Å². The van der Waals surface area contributed by atoms with E-state index in [4.69, 9.17) is 18.6 Å². The van der Waals surface area contributed by atoms with Crippen molar-refractivity contribution in [1.29, 1.82) is 0 Å². The third kappa shape index (κ3) is 7.22. The molecule has 1 atom stereocenters. The highest BCUT2D eigenvalue weighted by Gasteiger charge is 2.41. The van der Waals surface area contributed by atoms with Crippen LogP contribution in [0.4, 0.5) is 0 Å². The van der Waals surface area contributed by atoms with Crippen molar-refractivity contribution in [1.82, 2.24) is 0 Å². The lowest BCUT2D eigenvalue weighted by atomic mass is 10.3. The number of carbonyl (C=O) groups is 1.